The van der Waals surface area contributed by atoms with Gasteiger partial charge >= 0.3 is 0 Å². The minimum absolute atomic E-state index is 0.0261. The van der Waals surface area contributed by atoms with Crippen LogP contribution in [0.3, 0.4) is 0 Å². The van der Waals surface area contributed by atoms with Gasteiger partial charge in [-0.15, -0.1) is 0 Å². The van der Waals surface area contributed by atoms with Crippen molar-refractivity contribution in [2.45, 2.75) is 0 Å². The number of aromatic hydroxyl groups is 1. The summed E-state index contributed by atoms with van der Waals surface area (Å²) in [7, 11) is 1.57. The number of primary amides is 1. The van der Waals surface area contributed by atoms with E-state index in [9.17, 15) is 15.2 Å². The molecule has 1 aromatic heterocycles. The Morgan fingerprint density at radius 1 is 1.12 bits per heavy atom. The Morgan fingerprint density at radius 3 is 2.36 bits per heavy atom. The Kier molecular flexibility index (Phi) is 4.10. The van der Waals surface area contributed by atoms with Crippen molar-refractivity contribution in [3.63, 3.8) is 0 Å². The molecule has 0 spiro atoms. The quantitative estimate of drug-likeness (QED) is 0.756. The third kappa shape index (κ3) is 3.01. The van der Waals surface area contributed by atoms with Gasteiger partial charge in [0.2, 0.25) is 0 Å². The molecule has 7 heteroatoms. The molecular weight excluding hydrogens is 322 g/mol. The number of carbonyl (C=O) groups is 1. The van der Waals surface area contributed by atoms with Crippen molar-refractivity contribution in [3.05, 3.63) is 53.9 Å². The molecule has 3 aromatic rings. The van der Waals surface area contributed by atoms with Gasteiger partial charge in [-0.05, 0) is 42.5 Å². The predicted molar refractivity (Wildman–Crippen MR) is 89.7 cm³/mol. The SMILES string of the molecule is COc1ccc(Oc2ccc3c(O)c(C(N)=O)nc(C#N)c3c2)cc1. The lowest BCUT2D eigenvalue weighted by Crippen LogP contribution is -2.14. The van der Waals surface area contributed by atoms with Gasteiger partial charge in [0, 0.05) is 10.8 Å². The second kappa shape index (κ2) is 6.37. The van der Waals surface area contributed by atoms with E-state index < -0.39 is 5.91 Å². The average Bonchev–Trinajstić information content (AvgIpc) is 2.62. The zero-order valence-electron chi connectivity index (χ0n) is 13.2. The smallest absolute Gasteiger partial charge is 0.271 e. The molecule has 3 N–H and O–H groups in total. The van der Waals surface area contributed by atoms with E-state index in [0.29, 0.717) is 28.0 Å². The van der Waals surface area contributed by atoms with Crippen molar-refractivity contribution < 1.29 is 19.4 Å². The molecule has 7 nitrogen and oxygen atoms in total. The highest BCUT2D eigenvalue weighted by molar-refractivity contribution is 6.02. The zero-order chi connectivity index (χ0) is 18.0. The van der Waals surface area contributed by atoms with Crippen LogP contribution in [0.4, 0.5) is 0 Å². The van der Waals surface area contributed by atoms with Crippen molar-refractivity contribution >= 4 is 16.7 Å². The lowest BCUT2D eigenvalue weighted by molar-refractivity contribution is 0.0993. The van der Waals surface area contributed by atoms with Gasteiger partial charge < -0.3 is 20.3 Å². The van der Waals surface area contributed by atoms with Crippen molar-refractivity contribution in [1.29, 1.82) is 5.26 Å². The molecule has 2 aromatic carbocycles. The molecule has 0 atom stereocenters. The van der Waals surface area contributed by atoms with Gasteiger partial charge in [-0.3, -0.25) is 4.79 Å². The van der Waals surface area contributed by atoms with E-state index in [1.807, 2.05) is 6.07 Å². The molecule has 0 fully saturated rings. The summed E-state index contributed by atoms with van der Waals surface area (Å²) in [5.74, 6) is 0.449. The van der Waals surface area contributed by atoms with E-state index in [-0.39, 0.29) is 17.1 Å². The number of carbonyl (C=O) groups excluding carboxylic acids is 1. The highest BCUT2D eigenvalue weighted by atomic mass is 16.5. The summed E-state index contributed by atoms with van der Waals surface area (Å²) in [5, 5.41) is 20.1. The normalized spacial score (nSPS) is 10.2. The summed E-state index contributed by atoms with van der Waals surface area (Å²) in [5.41, 5.74) is 4.81. The van der Waals surface area contributed by atoms with Gasteiger partial charge in [0.15, 0.2) is 11.4 Å². The fourth-order valence-electron chi connectivity index (χ4n) is 2.38. The molecule has 124 valence electrons. The maximum Gasteiger partial charge on any atom is 0.271 e. The van der Waals surface area contributed by atoms with Crippen LogP contribution in [-0.4, -0.2) is 23.1 Å². The van der Waals surface area contributed by atoms with Crippen LogP contribution in [0.15, 0.2) is 42.5 Å². The van der Waals surface area contributed by atoms with E-state index in [1.165, 1.54) is 0 Å². The first-order valence-electron chi connectivity index (χ1n) is 7.22. The van der Waals surface area contributed by atoms with Crippen molar-refractivity contribution in [1.82, 2.24) is 4.98 Å². The number of benzene rings is 2. The van der Waals surface area contributed by atoms with E-state index in [4.69, 9.17) is 15.2 Å². The van der Waals surface area contributed by atoms with Gasteiger partial charge in [0.25, 0.3) is 5.91 Å². The lowest BCUT2D eigenvalue weighted by atomic mass is 10.1. The van der Waals surface area contributed by atoms with Gasteiger partial charge in [-0.25, -0.2) is 4.98 Å². The van der Waals surface area contributed by atoms with E-state index >= 15 is 0 Å². The fourth-order valence-corrected chi connectivity index (χ4v) is 2.38. The number of pyridine rings is 1. The van der Waals surface area contributed by atoms with Crippen molar-refractivity contribution in [2.75, 3.05) is 7.11 Å². The molecule has 1 amide bonds. The Hall–Kier alpha value is -3.79. The molecule has 1 heterocycles. The molecule has 0 aliphatic rings. The summed E-state index contributed by atoms with van der Waals surface area (Å²) < 4.78 is 10.8. The second-order valence-electron chi connectivity index (χ2n) is 5.12. The Bertz CT molecular complexity index is 1010. The summed E-state index contributed by atoms with van der Waals surface area (Å²) in [6, 6.07) is 13.6. The summed E-state index contributed by atoms with van der Waals surface area (Å²) in [6.45, 7) is 0. The Labute approximate surface area is 142 Å². The highest BCUT2D eigenvalue weighted by Crippen LogP contribution is 2.33. The number of ether oxygens (including phenoxy) is 2. The lowest BCUT2D eigenvalue weighted by Gasteiger charge is -2.10. The third-order valence-electron chi connectivity index (χ3n) is 3.58. The number of amides is 1. The molecule has 0 saturated carbocycles. The van der Waals surface area contributed by atoms with Crippen LogP contribution in [-0.2, 0) is 0 Å². The number of hydrogen-bond donors (Lipinski definition) is 2. The molecule has 0 saturated heterocycles. The van der Waals surface area contributed by atoms with Crippen LogP contribution in [0, 0.1) is 11.3 Å². The van der Waals surface area contributed by atoms with Gasteiger partial charge in [-0.1, -0.05) is 0 Å². The minimum atomic E-state index is -0.908. The van der Waals surface area contributed by atoms with Crippen LogP contribution < -0.4 is 15.2 Å². The highest BCUT2D eigenvalue weighted by Gasteiger charge is 2.17. The number of nitrogens with zero attached hydrogens (tertiary/aromatic N) is 2. The first-order valence-corrected chi connectivity index (χ1v) is 7.22. The number of aromatic nitrogens is 1. The summed E-state index contributed by atoms with van der Waals surface area (Å²) in [4.78, 5) is 15.2. The summed E-state index contributed by atoms with van der Waals surface area (Å²) in [6.07, 6.45) is 0. The number of nitrogens with two attached hydrogens (primary N) is 1. The Balaban J connectivity index is 2.06. The number of nitriles is 1. The molecule has 0 aliphatic heterocycles. The van der Waals surface area contributed by atoms with Crippen LogP contribution in [0.25, 0.3) is 10.8 Å². The maximum absolute atomic E-state index is 11.3. The van der Waals surface area contributed by atoms with Crippen LogP contribution >= 0.6 is 0 Å². The topological polar surface area (TPSA) is 118 Å². The monoisotopic (exact) mass is 335 g/mol. The number of rotatable bonds is 4. The molecular formula is C18H13N3O4. The first-order chi connectivity index (χ1) is 12.0. The van der Waals surface area contributed by atoms with Crippen LogP contribution in [0.2, 0.25) is 0 Å². The average molecular weight is 335 g/mol. The molecule has 0 aliphatic carbocycles. The molecule has 25 heavy (non-hydrogen) atoms. The second-order valence-corrected chi connectivity index (χ2v) is 5.12. The third-order valence-corrected chi connectivity index (χ3v) is 3.58. The van der Waals surface area contributed by atoms with Crippen molar-refractivity contribution in [3.8, 4) is 29.1 Å². The molecule has 3 rings (SSSR count). The van der Waals surface area contributed by atoms with Crippen LogP contribution in [0.1, 0.15) is 16.2 Å². The van der Waals surface area contributed by atoms with Crippen LogP contribution in [0.5, 0.6) is 23.0 Å². The van der Waals surface area contributed by atoms with Gasteiger partial charge in [-0.2, -0.15) is 5.26 Å². The van der Waals surface area contributed by atoms with Crippen molar-refractivity contribution in [2.24, 2.45) is 5.73 Å². The number of fused-ring (bicyclic) bond motifs is 1. The summed E-state index contributed by atoms with van der Waals surface area (Å²) >= 11 is 0. The first kappa shape index (κ1) is 16.1. The van der Waals surface area contributed by atoms with E-state index in [0.717, 1.165) is 0 Å². The molecule has 0 bridgehead atoms. The largest absolute Gasteiger partial charge is 0.505 e. The molecule has 0 unspecified atom stereocenters. The Morgan fingerprint density at radius 2 is 1.76 bits per heavy atom. The van der Waals surface area contributed by atoms with Gasteiger partial charge in [0.1, 0.15) is 29.0 Å². The standard InChI is InChI=1S/C18H13N3O4/c1-24-10-2-4-11(5-3-10)25-12-6-7-13-14(8-12)15(9-19)21-16(17(13)22)18(20)23/h2-8,22H,1H3,(H2,20,23). The fraction of sp³-hybridized carbons (Fsp3) is 0.0556. The predicted octanol–water partition coefficient (Wildman–Crippen LogP) is 2.71. The number of methoxy groups -OCH3 is 1. The minimum Gasteiger partial charge on any atom is -0.505 e. The molecule has 0 radical (unpaired) electrons. The zero-order valence-corrected chi connectivity index (χ0v) is 13.2. The number of hydrogen-bond acceptors (Lipinski definition) is 6. The van der Waals surface area contributed by atoms with E-state index in [2.05, 4.69) is 4.98 Å². The van der Waals surface area contributed by atoms with Gasteiger partial charge in [0.05, 0.1) is 7.11 Å². The maximum atomic E-state index is 11.3. The van der Waals surface area contributed by atoms with E-state index in [1.54, 1.807) is 49.6 Å².